The van der Waals surface area contributed by atoms with E-state index in [2.05, 4.69) is 26.1 Å². The van der Waals surface area contributed by atoms with Crippen LogP contribution in [0.15, 0.2) is 18.2 Å². The summed E-state index contributed by atoms with van der Waals surface area (Å²) in [6.07, 6.45) is 1.03. The van der Waals surface area contributed by atoms with E-state index in [0.29, 0.717) is 24.3 Å². The highest BCUT2D eigenvalue weighted by atomic mass is 16.5. The van der Waals surface area contributed by atoms with Crippen molar-refractivity contribution in [2.45, 2.75) is 58.4 Å². The van der Waals surface area contributed by atoms with Crippen molar-refractivity contribution in [3.63, 3.8) is 0 Å². The molecule has 0 atom stereocenters. The highest BCUT2D eigenvalue weighted by Gasteiger charge is 2.18. The van der Waals surface area contributed by atoms with E-state index in [1.165, 1.54) is 0 Å². The maximum Gasteiger partial charge on any atom is 0.224 e. The zero-order valence-electron chi connectivity index (χ0n) is 14.0. The van der Waals surface area contributed by atoms with Gasteiger partial charge in [-0.15, -0.1) is 0 Å². The Morgan fingerprint density at radius 2 is 1.86 bits per heavy atom. The van der Waals surface area contributed by atoms with Crippen LogP contribution >= 0.6 is 0 Å². The van der Waals surface area contributed by atoms with Crippen LogP contribution in [-0.2, 0) is 10.2 Å². The van der Waals surface area contributed by atoms with Gasteiger partial charge in [0, 0.05) is 12.0 Å². The van der Waals surface area contributed by atoms with Gasteiger partial charge in [0.05, 0.1) is 12.8 Å². The Morgan fingerprint density at radius 1 is 1.24 bits per heavy atom. The van der Waals surface area contributed by atoms with Crippen molar-refractivity contribution >= 4 is 11.6 Å². The molecular formula is C17H28N2O2. The van der Waals surface area contributed by atoms with Gasteiger partial charge < -0.3 is 15.8 Å². The van der Waals surface area contributed by atoms with Gasteiger partial charge in [0.15, 0.2) is 0 Å². The summed E-state index contributed by atoms with van der Waals surface area (Å²) in [5, 5.41) is 2.93. The predicted octanol–water partition coefficient (Wildman–Crippen LogP) is 3.45. The molecule has 0 fully saturated rings. The summed E-state index contributed by atoms with van der Waals surface area (Å²) in [6, 6.07) is 5.89. The SMILES string of the molecule is COc1ccc(C(C)(C)C)cc1NC(=O)CCC(C)(C)N. The third-order valence-electron chi connectivity index (χ3n) is 3.34. The van der Waals surface area contributed by atoms with Gasteiger partial charge in [-0.25, -0.2) is 0 Å². The van der Waals surface area contributed by atoms with Gasteiger partial charge in [-0.3, -0.25) is 4.79 Å². The van der Waals surface area contributed by atoms with Gasteiger partial charge in [0.1, 0.15) is 5.75 Å². The van der Waals surface area contributed by atoms with Crippen LogP contribution in [0.25, 0.3) is 0 Å². The molecule has 21 heavy (non-hydrogen) atoms. The fourth-order valence-electron chi connectivity index (χ4n) is 1.92. The van der Waals surface area contributed by atoms with E-state index < -0.39 is 0 Å². The molecule has 0 spiro atoms. The third kappa shape index (κ3) is 5.76. The summed E-state index contributed by atoms with van der Waals surface area (Å²) < 4.78 is 5.32. The Labute approximate surface area is 128 Å². The lowest BCUT2D eigenvalue weighted by Gasteiger charge is -2.22. The molecule has 0 heterocycles. The molecule has 1 rings (SSSR count). The quantitative estimate of drug-likeness (QED) is 0.873. The summed E-state index contributed by atoms with van der Waals surface area (Å²) in [4.78, 5) is 12.1. The smallest absolute Gasteiger partial charge is 0.224 e. The summed E-state index contributed by atoms with van der Waals surface area (Å²) >= 11 is 0. The minimum atomic E-state index is -0.339. The number of hydrogen-bond donors (Lipinski definition) is 2. The topological polar surface area (TPSA) is 64.3 Å². The Bertz CT molecular complexity index is 496. The standard InChI is InChI=1S/C17H28N2O2/c1-16(2,3)12-7-8-14(21-6)13(11-12)19-15(20)9-10-17(4,5)18/h7-8,11H,9-10,18H2,1-6H3,(H,19,20). The van der Waals surface area contributed by atoms with E-state index >= 15 is 0 Å². The molecule has 3 N–H and O–H groups in total. The average Bonchev–Trinajstić information content (AvgIpc) is 2.34. The Morgan fingerprint density at radius 3 is 2.33 bits per heavy atom. The van der Waals surface area contributed by atoms with Crippen molar-refractivity contribution < 1.29 is 9.53 Å². The second kappa shape index (κ2) is 6.48. The van der Waals surface area contributed by atoms with Crippen molar-refractivity contribution in [2.75, 3.05) is 12.4 Å². The maximum absolute atomic E-state index is 12.1. The minimum absolute atomic E-state index is 0.0188. The second-order valence-corrected chi connectivity index (χ2v) is 7.20. The highest BCUT2D eigenvalue weighted by molar-refractivity contribution is 5.92. The van der Waals surface area contributed by atoms with Gasteiger partial charge in [-0.05, 0) is 43.4 Å². The van der Waals surface area contributed by atoms with Crippen molar-refractivity contribution in [1.82, 2.24) is 0 Å². The molecule has 4 heteroatoms. The number of rotatable bonds is 5. The molecule has 1 aromatic carbocycles. The van der Waals surface area contributed by atoms with Crippen LogP contribution in [0.3, 0.4) is 0 Å². The molecule has 0 saturated heterocycles. The number of benzene rings is 1. The van der Waals surface area contributed by atoms with E-state index in [4.69, 9.17) is 10.5 Å². The zero-order chi connectivity index (χ0) is 16.3. The minimum Gasteiger partial charge on any atom is -0.495 e. The molecule has 1 aromatic rings. The Hall–Kier alpha value is -1.55. The number of amides is 1. The number of hydrogen-bond acceptors (Lipinski definition) is 3. The molecule has 0 aliphatic rings. The van der Waals surface area contributed by atoms with E-state index in [1.54, 1.807) is 7.11 Å². The summed E-state index contributed by atoms with van der Waals surface area (Å²) in [5.74, 6) is 0.626. The number of carbonyl (C=O) groups is 1. The van der Waals surface area contributed by atoms with Crippen molar-refractivity contribution in [3.05, 3.63) is 23.8 Å². The van der Waals surface area contributed by atoms with Gasteiger partial charge in [-0.1, -0.05) is 26.8 Å². The highest BCUT2D eigenvalue weighted by Crippen LogP contribution is 2.31. The van der Waals surface area contributed by atoms with E-state index in [0.717, 1.165) is 5.56 Å². The molecule has 0 radical (unpaired) electrons. The normalized spacial score (nSPS) is 12.1. The van der Waals surface area contributed by atoms with Crippen LogP contribution in [0.4, 0.5) is 5.69 Å². The maximum atomic E-state index is 12.1. The Balaban J connectivity index is 2.88. The molecule has 118 valence electrons. The number of methoxy groups -OCH3 is 1. The molecular weight excluding hydrogens is 264 g/mol. The fraction of sp³-hybridized carbons (Fsp3) is 0.588. The lowest BCUT2D eigenvalue weighted by Crippen LogP contribution is -2.33. The number of carbonyl (C=O) groups excluding carboxylic acids is 1. The second-order valence-electron chi connectivity index (χ2n) is 7.20. The first-order valence-corrected chi connectivity index (χ1v) is 7.30. The van der Waals surface area contributed by atoms with Crippen LogP contribution in [0.1, 0.15) is 53.0 Å². The first-order valence-electron chi connectivity index (χ1n) is 7.30. The van der Waals surface area contributed by atoms with Crippen LogP contribution in [-0.4, -0.2) is 18.6 Å². The van der Waals surface area contributed by atoms with Crippen molar-refractivity contribution in [2.24, 2.45) is 5.73 Å². The third-order valence-corrected chi connectivity index (χ3v) is 3.34. The predicted molar refractivity (Wildman–Crippen MR) is 87.8 cm³/mol. The van der Waals surface area contributed by atoms with Crippen LogP contribution < -0.4 is 15.8 Å². The largest absolute Gasteiger partial charge is 0.495 e. The van der Waals surface area contributed by atoms with Crippen molar-refractivity contribution in [3.8, 4) is 5.75 Å². The summed E-state index contributed by atoms with van der Waals surface area (Å²) in [5.41, 5.74) is 7.45. The van der Waals surface area contributed by atoms with Crippen LogP contribution in [0.2, 0.25) is 0 Å². The lowest BCUT2D eigenvalue weighted by molar-refractivity contribution is -0.116. The number of anilines is 1. The van der Waals surface area contributed by atoms with Crippen LogP contribution in [0, 0.1) is 0 Å². The molecule has 0 aliphatic heterocycles. The molecule has 0 aromatic heterocycles. The molecule has 0 saturated carbocycles. The van der Waals surface area contributed by atoms with Crippen molar-refractivity contribution in [1.29, 1.82) is 0 Å². The number of nitrogens with one attached hydrogen (secondary N) is 1. The molecule has 0 unspecified atom stereocenters. The van der Waals surface area contributed by atoms with E-state index in [-0.39, 0.29) is 16.9 Å². The molecule has 0 bridgehead atoms. The van der Waals surface area contributed by atoms with Gasteiger partial charge >= 0.3 is 0 Å². The van der Waals surface area contributed by atoms with E-state index in [9.17, 15) is 4.79 Å². The first kappa shape index (κ1) is 17.5. The van der Waals surface area contributed by atoms with Gasteiger partial charge in [0.2, 0.25) is 5.91 Å². The Kier molecular flexibility index (Phi) is 5.40. The lowest BCUT2D eigenvalue weighted by atomic mass is 9.87. The molecule has 0 aliphatic carbocycles. The number of ether oxygens (including phenoxy) is 1. The molecule has 4 nitrogen and oxygen atoms in total. The van der Waals surface area contributed by atoms with Gasteiger partial charge in [0.25, 0.3) is 0 Å². The fourth-order valence-corrected chi connectivity index (χ4v) is 1.92. The zero-order valence-corrected chi connectivity index (χ0v) is 14.0. The molecule has 1 amide bonds. The average molecular weight is 292 g/mol. The van der Waals surface area contributed by atoms with Gasteiger partial charge in [-0.2, -0.15) is 0 Å². The van der Waals surface area contributed by atoms with E-state index in [1.807, 2.05) is 32.0 Å². The monoisotopic (exact) mass is 292 g/mol. The summed E-state index contributed by atoms with van der Waals surface area (Å²) in [7, 11) is 1.60. The van der Waals surface area contributed by atoms with Crippen LogP contribution in [0.5, 0.6) is 5.75 Å². The summed E-state index contributed by atoms with van der Waals surface area (Å²) in [6.45, 7) is 10.2. The first-order chi connectivity index (χ1) is 9.53. The number of nitrogens with two attached hydrogens (primary N) is 1.